The van der Waals surface area contributed by atoms with Crippen molar-refractivity contribution in [2.24, 2.45) is 0 Å². The molecule has 2 heteroatoms. The molecule has 3 aromatic carbocycles. The minimum atomic E-state index is 0.250. The van der Waals surface area contributed by atoms with Gasteiger partial charge in [-0.25, -0.2) is 0 Å². The predicted octanol–water partition coefficient (Wildman–Crippen LogP) is 4.74. The van der Waals surface area contributed by atoms with Gasteiger partial charge in [0.25, 0.3) is 0 Å². The zero-order valence-electron chi connectivity index (χ0n) is 12.3. The zero-order valence-corrected chi connectivity index (χ0v) is 12.3. The lowest BCUT2D eigenvalue weighted by atomic mass is 9.99. The average molecular weight is 288 g/mol. The third-order valence-corrected chi connectivity index (χ3v) is 3.50. The van der Waals surface area contributed by atoms with Gasteiger partial charge in [0.2, 0.25) is 0 Å². The molecule has 0 atom stereocenters. The number of rotatable bonds is 2. The van der Waals surface area contributed by atoms with E-state index in [1.807, 2.05) is 6.07 Å². The van der Waals surface area contributed by atoms with Gasteiger partial charge in [0.15, 0.2) is 0 Å². The van der Waals surface area contributed by atoms with Crippen molar-refractivity contribution in [3.63, 3.8) is 0 Å². The van der Waals surface area contributed by atoms with Crippen molar-refractivity contribution in [2.75, 3.05) is 0 Å². The van der Waals surface area contributed by atoms with Gasteiger partial charge >= 0.3 is 6.15 Å². The fraction of sp³-hybridized carbons (Fsp3) is 0.0500. The van der Waals surface area contributed by atoms with Crippen LogP contribution in [0, 0.1) is 6.92 Å². The van der Waals surface area contributed by atoms with Gasteiger partial charge in [-0.3, -0.25) is 0 Å². The first-order valence-corrected chi connectivity index (χ1v) is 6.97. The molecule has 0 fully saturated rings. The molecule has 3 aromatic rings. The van der Waals surface area contributed by atoms with Gasteiger partial charge in [0, 0.05) is 0 Å². The second-order valence-corrected chi connectivity index (χ2v) is 4.83. The van der Waals surface area contributed by atoms with Crippen molar-refractivity contribution in [3.8, 4) is 0 Å². The number of benzene rings is 3. The van der Waals surface area contributed by atoms with Crippen LogP contribution in [0.5, 0.6) is 0 Å². The van der Waals surface area contributed by atoms with Gasteiger partial charge in [0.05, 0.1) is 0 Å². The van der Waals surface area contributed by atoms with E-state index in [1.54, 1.807) is 0 Å². The summed E-state index contributed by atoms with van der Waals surface area (Å²) < 4.78 is 0. The predicted molar refractivity (Wildman–Crippen MR) is 89.1 cm³/mol. The average Bonchev–Trinajstić information content (AvgIpc) is 2.56. The molecule has 0 aromatic heterocycles. The number of hydrogen-bond acceptors (Lipinski definition) is 2. The summed E-state index contributed by atoms with van der Waals surface area (Å²) in [5.41, 5.74) is 3.85. The Morgan fingerprint density at radius 1 is 0.773 bits per heavy atom. The van der Waals surface area contributed by atoms with Gasteiger partial charge in [-0.15, -0.1) is 0 Å². The fourth-order valence-electron chi connectivity index (χ4n) is 2.37. The third-order valence-electron chi connectivity index (χ3n) is 3.50. The molecule has 22 heavy (non-hydrogen) atoms. The number of carbonyl (C=O) groups excluding carboxylic acids is 2. The van der Waals surface area contributed by atoms with Gasteiger partial charge in [-0.2, -0.15) is 9.59 Å². The molecule has 0 aliphatic carbocycles. The maximum Gasteiger partial charge on any atom is 0.373 e. The highest BCUT2D eigenvalue weighted by Gasteiger charge is 2.00. The second kappa shape index (κ2) is 7.72. The summed E-state index contributed by atoms with van der Waals surface area (Å²) in [6, 6.07) is 23.3. The normalized spacial score (nSPS) is 10.0. The summed E-state index contributed by atoms with van der Waals surface area (Å²) in [6.45, 7) is 2.19. The summed E-state index contributed by atoms with van der Waals surface area (Å²) >= 11 is 0. The molecule has 0 aliphatic heterocycles. The van der Waals surface area contributed by atoms with Crippen LogP contribution in [0.15, 0.2) is 66.7 Å². The van der Waals surface area contributed by atoms with E-state index in [0.29, 0.717) is 0 Å². The molecule has 0 N–H and O–H groups in total. The first kappa shape index (κ1) is 15.4. The summed E-state index contributed by atoms with van der Waals surface area (Å²) in [5.74, 6) is 0. The number of aryl methyl sites for hydroxylation is 1. The van der Waals surface area contributed by atoms with Crippen LogP contribution in [-0.2, 0) is 9.59 Å². The molecule has 0 saturated carbocycles. The SMILES string of the molecule is Cc1c(/C=C/c2ccccc2)ccc2ccccc12.O=C=O. The van der Waals surface area contributed by atoms with E-state index in [4.69, 9.17) is 9.59 Å². The monoisotopic (exact) mass is 288 g/mol. The molecule has 0 radical (unpaired) electrons. The Balaban J connectivity index is 0.000000545. The molecule has 0 aliphatic rings. The molecular weight excluding hydrogens is 272 g/mol. The van der Waals surface area contributed by atoms with E-state index in [1.165, 1.54) is 27.5 Å². The van der Waals surface area contributed by atoms with Crippen LogP contribution in [0.2, 0.25) is 0 Å². The van der Waals surface area contributed by atoms with Gasteiger partial charge < -0.3 is 0 Å². The first-order valence-electron chi connectivity index (χ1n) is 6.97. The summed E-state index contributed by atoms with van der Waals surface area (Å²) in [6.07, 6.45) is 4.61. The third kappa shape index (κ3) is 3.78. The zero-order chi connectivity index (χ0) is 15.8. The van der Waals surface area contributed by atoms with Gasteiger partial charge in [-0.1, -0.05) is 78.9 Å². The van der Waals surface area contributed by atoms with Crippen LogP contribution < -0.4 is 0 Å². The van der Waals surface area contributed by atoms with E-state index in [-0.39, 0.29) is 6.15 Å². The molecule has 0 unspecified atom stereocenters. The van der Waals surface area contributed by atoms with Crippen molar-refractivity contribution >= 4 is 29.1 Å². The first-order chi connectivity index (χ1) is 10.8. The fourth-order valence-corrected chi connectivity index (χ4v) is 2.37. The molecule has 0 heterocycles. The lowest BCUT2D eigenvalue weighted by molar-refractivity contribution is -0.191. The Morgan fingerprint density at radius 3 is 2.14 bits per heavy atom. The summed E-state index contributed by atoms with van der Waals surface area (Å²) in [4.78, 5) is 16.2. The van der Waals surface area contributed by atoms with E-state index in [0.717, 1.165) is 0 Å². The van der Waals surface area contributed by atoms with Crippen LogP contribution in [0.25, 0.3) is 22.9 Å². The van der Waals surface area contributed by atoms with E-state index >= 15 is 0 Å². The molecule has 0 amide bonds. The van der Waals surface area contributed by atoms with Gasteiger partial charge in [0.1, 0.15) is 0 Å². The Morgan fingerprint density at radius 2 is 1.41 bits per heavy atom. The Labute approximate surface area is 129 Å². The van der Waals surface area contributed by atoms with Crippen LogP contribution in [-0.4, -0.2) is 6.15 Å². The Bertz CT molecular complexity index is 811. The Kier molecular flexibility index (Phi) is 5.42. The lowest BCUT2D eigenvalue weighted by Crippen LogP contribution is -1.83. The van der Waals surface area contributed by atoms with Crippen LogP contribution in [0.1, 0.15) is 16.7 Å². The van der Waals surface area contributed by atoms with Crippen molar-refractivity contribution in [1.82, 2.24) is 0 Å². The highest BCUT2D eigenvalue weighted by atomic mass is 16.2. The van der Waals surface area contributed by atoms with E-state index in [2.05, 4.69) is 79.7 Å². The standard InChI is InChI=1S/C19H16.CO2/c1-15-17(12-11-16-7-3-2-4-8-16)13-14-18-9-5-6-10-19(15)18;2-1-3/h2-14H,1H3;/b12-11+;. The molecule has 0 bridgehead atoms. The van der Waals surface area contributed by atoms with Crippen molar-refractivity contribution in [2.45, 2.75) is 6.92 Å². The number of hydrogen-bond donors (Lipinski definition) is 0. The molecule has 3 rings (SSSR count). The minimum Gasteiger partial charge on any atom is -0.186 e. The van der Waals surface area contributed by atoms with Gasteiger partial charge in [-0.05, 0) is 34.4 Å². The smallest absolute Gasteiger partial charge is 0.186 e. The highest BCUT2D eigenvalue weighted by molar-refractivity contribution is 5.89. The second-order valence-electron chi connectivity index (χ2n) is 4.83. The summed E-state index contributed by atoms with van der Waals surface area (Å²) in [5, 5.41) is 2.63. The molecule has 0 saturated heterocycles. The van der Waals surface area contributed by atoms with Crippen molar-refractivity contribution in [3.05, 3.63) is 83.4 Å². The lowest BCUT2D eigenvalue weighted by Gasteiger charge is -2.05. The minimum absolute atomic E-state index is 0.250. The maximum absolute atomic E-state index is 8.12. The topological polar surface area (TPSA) is 34.1 Å². The molecule has 0 spiro atoms. The highest BCUT2D eigenvalue weighted by Crippen LogP contribution is 2.23. The Hall–Kier alpha value is -2.96. The maximum atomic E-state index is 8.12. The van der Waals surface area contributed by atoms with Crippen molar-refractivity contribution < 1.29 is 9.59 Å². The molecule has 108 valence electrons. The van der Waals surface area contributed by atoms with Crippen LogP contribution in [0.3, 0.4) is 0 Å². The van der Waals surface area contributed by atoms with Crippen molar-refractivity contribution in [1.29, 1.82) is 0 Å². The van der Waals surface area contributed by atoms with E-state index < -0.39 is 0 Å². The quantitative estimate of drug-likeness (QED) is 0.638. The molecular formula is C20H16O2. The summed E-state index contributed by atoms with van der Waals surface area (Å²) in [7, 11) is 0. The van der Waals surface area contributed by atoms with Crippen LogP contribution in [0.4, 0.5) is 0 Å². The van der Waals surface area contributed by atoms with E-state index in [9.17, 15) is 0 Å². The largest absolute Gasteiger partial charge is 0.373 e. The molecule has 2 nitrogen and oxygen atoms in total. The number of fused-ring (bicyclic) bond motifs is 1. The van der Waals surface area contributed by atoms with Crippen LogP contribution >= 0.6 is 0 Å².